The van der Waals surface area contributed by atoms with E-state index in [1.54, 1.807) is 24.4 Å². The third-order valence-electron chi connectivity index (χ3n) is 2.19. The van der Waals surface area contributed by atoms with Gasteiger partial charge in [0.2, 0.25) is 0 Å². The molecule has 0 fully saturated rings. The normalized spacial score (nSPS) is 10.0. The summed E-state index contributed by atoms with van der Waals surface area (Å²) in [5.41, 5.74) is 1.26. The summed E-state index contributed by atoms with van der Waals surface area (Å²) in [4.78, 5) is 20.1. The number of hydrogen-bond acceptors (Lipinski definition) is 3. The van der Waals surface area contributed by atoms with Crippen LogP contribution in [-0.4, -0.2) is 15.9 Å². The lowest BCUT2D eigenvalue weighted by atomic mass is 10.3. The minimum atomic E-state index is -0.270. The van der Waals surface area contributed by atoms with E-state index >= 15 is 0 Å². The third-order valence-corrected chi connectivity index (χ3v) is 2.63. The average Bonchev–Trinajstić information content (AvgIpc) is 2.32. The molecule has 2 aromatic rings. The molecule has 17 heavy (non-hydrogen) atoms. The summed E-state index contributed by atoms with van der Waals surface area (Å²) in [6.07, 6.45) is 1.64. The van der Waals surface area contributed by atoms with Gasteiger partial charge in [-0.05, 0) is 46.6 Å². The Morgan fingerprint density at radius 2 is 2.12 bits per heavy atom. The van der Waals surface area contributed by atoms with E-state index in [1.807, 2.05) is 19.1 Å². The number of carbonyl (C=O) groups excluding carboxylic acids is 1. The van der Waals surface area contributed by atoms with E-state index in [-0.39, 0.29) is 5.91 Å². The molecule has 0 aliphatic rings. The van der Waals surface area contributed by atoms with Gasteiger partial charge in [-0.15, -0.1) is 0 Å². The van der Waals surface area contributed by atoms with Crippen molar-refractivity contribution in [1.82, 2.24) is 9.97 Å². The van der Waals surface area contributed by atoms with Crippen LogP contribution in [0.5, 0.6) is 0 Å². The van der Waals surface area contributed by atoms with Crippen LogP contribution in [-0.2, 0) is 0 Å². The van der Waals surface area contributed by atoms with Crippen molar-refractivity contribution < 1.29 is 4.79 Å². The molecule has 2 rings (SSSR count). The minimum Gasteiger partial charge on any atom is -0.305 e. The van der Waals surface area contributed by atoms with Crippen LogP contribution in [0.2, 0.25) is 0 Å². The maximum absolute atomic E-state index is 11.9. The number of nitrogens with zero attached hydrogens (tertiary/aromatic N) is 2. The molecule has 4 nitrogen and oxygen atoms in total. The van der Waals surface area contributed by atoms with Crippen LogP contribution < -0.4 is 5.32 Å². The Morgan fingerprint density at radius 1 is 1.29 bits per heavy atom. The van der Waals surface area contributed by atoms with E-state index in [0.29, 0.717) is 16.1 Å². The Labute approximate surface area is 107 Å². The van der Waals surface area contributed by atoms with E-state index < -0.39 is 0 Å². The number of pyridine rings is 2. The predicted octanol–water partition coefficient (Wildman–Crippen LogP) is 2.80. The van der Waals surface area contributed by atoms with Gasteiger partial charge in [-0.2, -0.15) is 0 Å². The number of hydrogen-bond donors (Lipinski definition) is 1. The summed E-state index contributed by atoms with van der Waals surface area (Å²) in [6, 6.07) is 8.89. The first-order valence-corrected chi connectivity index (χ1v) is 5.81. The Bertz CT molecular complexity index is 557. The fraction of sp³-hybridized carbons (Fsp3) is 0.0833. The Balaban J connectivity index is 2.20. The van der Waals surface area contributed by atoms with Crippen molar-refractivity contribution in [2.45, 2.75) is 6.92 Å². The molecule has 0 aliphatic carbocycles. The van der Waals surface area contributed by atoms with Gasteiger partial charge in [-0.25, -0.2) is 9.97 Å². The highest BCUT2D eigenvalue weighted by molar-refractivity contribution is 9.10. The fourth-order valence-corrected chi connectivity index (χ4v) is 1.67. The molecular weight excluding hydrogens is 282 g/mol. The van der Waals surface area contributed by atoms with Crippen molar-refractivity contribution in [2.75, 3.05) is 5.32 Å². The van der Waals surface area contributed by atoms with Gasteiger partial charge in [0.05, 0.1) is 0 Å². The summed E-state index contributed by atoms with van der Waals surface area (Å²) >= 11 is 3.22. The van der Waals surface area contributed by atoms with Gasteiger partial charge in [0.25, 0.3) is 5.91 Å². The van der Waals surface area contributed by atoms with Crippen LogP contribution in [0.3, 0.4) is 0 Å². The van der Waals surface area contributed by atoms with Crippen molar-refractivity contribution in [3.05, 3.63) is 52.4 Å². The molecule has 2 heterocycles. The number of amides is 1. The second-order valence-electron chi connectivity index (χ2n) is 3.47. The number of anilines is 1. The van der Waals surface area contributed by atoms with Gasteiger partial charge in [-0.1, -0.05) is 12.1 Å². The molecule has 0 unspecified atom stereocenters. The molecule has 0 saturated heterocycles. The summed E-state index contributed by atoms with van der Waals surface area (Å²) in [5, 5.41) is 2.72. The van der Waals surface area contributed by atoms with E-state index in [4.69, 9.17) is 0 Å². The summed E-state index contributed by atoms with van der Waals surface area (Å²) in [7, 11) is 0. The van der Waals surface area contributed by atoms with Crippen LogP contribution in [0.1, 0.15) is 16.1 Å². The smallest absolute Gasteiger partial charge is 0.275 e. The molecule has 0 saturated carbocycles. The summed E-state index contributed by atoms with van der Waals surface area (Å²) in [5.74, 6) is 0.285. The number of rotatable bonds is 2. The molecule has 0 bridgehead atoms. The second-order valence-corrected chi connectivity index (χ2v) is 4.28. The quantitative estimate of drug-likeness (QED) is 0.866. The lowest BCUT2D eigenvalue weighted by Crippen LogP contribution is -2.15. The van der Waals surface area contributed by atoms with Gasteiger partial charge in [-0.3, -0.25) is 4.79 Å². The maximum Gasteiger partial charge on any atom is 0.275 e. The van der Waals surface area contributed by atoms with E-state index in [0.717, 1.165) is 5.56 Å². The summed E-state index contributed by atoms with van der Waals surface area (Å²) in [6.45, 7) is 1.89. The monoisotopic (exact) mass is 291 g/mol. The highest BCUT2D eigenvalue weighted by atomic mass is 79.9. The zero-order chi connectivity index (χ0) is 12.3. The van der Waals surface area contributed by atoms with Gasteiger partial charge >= 0.3 is 0 Å². The minimum absolute atomic E-state index is 0.270. The van der Waals surface area contributed by atoms with Gasteiger partial charge in [0, 0.05) is 6.20 Å². The highest BCUT2D eigenvalue weighted by Gasteiger charge is 2.09. The van der Waals surface area contributed by atoms with Crippen molar-refractivity contribution >= 4 is 27.7 Å². The second kappa shape index (κ2) is 5.05. The van der Waals surface area contributed by atoms with Crippen molar-refractivity contribution in [2.24, 2.45) is 0 Å². The number of halogens is 1. The lowest BCUT2D eigenvalue weighted by Gasteiger charge is -2.06. The number of aromatic nitrogens is 2. The Kier molecular flexibility index (Phi) is 3.49. The van der Waals surface area contributed by atoms with Crippen LogP contribution in [0.15, 0.2) is 41.1 Å². The van der Waals surface area contributed by atoms with Gasteiger partial charge in [0.1, 0.15) is 16.1 Å². The SMILES string of the molecule is Cc1cccnc1NC(=O)c1cccc(Br)n1. The van der Waals surface area contributed by atoms with Crippen LogP contribution in [0.4, 0.5) is 5.82 Å². The van der Waals surface area contributed by atoms with Crippen molar-refractivity contribution in [1.29, 1.82) is 0 Å². The highest BCUT2D eigenvalue weighted by Crippen LogP contribution is 2.12. The molecule has 0 spiro atoms. The van der Waals surface area contributed by atoms with Crippen LogP contribution >= 0.6 is 15.9 Å². The van der Waals surface area contributed by atoms with E-state index in [1.165, 1.54) is 0 Å². The summed E-state index contributed by atoms with van der Waals surface area (Å²) < 4.78 is 0.628. The lowest BCUT2D eigenvalue weighted by molar-refractivity contribution is 0.102. The van der Waals surface area contributed by atoms with Crippen LogP contribution in [0, 0.1) is 6.92 Å². The molecule has 0 aliphatic heterocycles. The molecule has 0 aromatic carbocycles. The largest absolute Gasteiger partial charge is 0.305 e. The molecule has 86 valence electrons. The molecule has 5 heteroatoms. The predicted molar refractivity (Wildman–Crippen MR) is 68.9 cm³/mol. The number of nitrogens with one attached hydrogen (secondary N) is 1. The zero-order valence-electron chi connectivity index (χ0n) is 9.14. The maximum atomic E-state index is 11.9. The average molecular weight is 292 g/mol. The number of carbonyl (C=O) groups is 1. The van der Waals surface area contributed by atoms with Gasteiger partial charge in [0.15, 0.2) is 0 Å². The molecule has 0 radical (unpaired) electrons. The van der Waals surface area contributed by atoms with Crippen molar-refractivity contribution in [3.63, 3.8) is 0 Å². The topological polar surface area (TPSA) is 54.9 Å². The van der Waals surface area contributed by atoms with Crippen LogP contribution in [0.25, 0.3) is 0 Å². The fourth-order valence-electron chi connectivity index (χ4n) is 1.32. The van der Waals surface area contributed by atoms with Crippen molar-refractivity contribution in [3.8, 4) is 0 Å². The molecule has 2 aromatic heterocycles. The Hall–Kier alpha value is -1.75. The molecule has 1 N–H and O–H groups in total. The first kappa shape index (κ1) is 11.7. The molecule has 1 amide bonds. The zero-order valence-corrected chi connectivity index (χ0v) is 10.7. The standard InChI is InChI=1S/C12H10BrN3O/c1-8-4-3-7-14-11(8)16-12(17)9-5-2-6-10(13)15-9/h2-7H,1H3,(H,14,16,17). The first-order chi connectivity index (χ1) is 8.16. The Morgan fingerprint density at radius 3 is 2.82 bits per heavy atom. The molecular formula is C12H10BrN3O. The van der Waals surface area contributed by atoms with E-state index in [9.17, 15) is 4.79 Å². The van der Waals surface area contributed by atoms with E-state index in [2.05, 4.69) is 31.2 Å². The molecule has 0 atom stereocenters. The first-order valence-electron chi connectivity index (χ1n) is 5.02. The van der Waals surface area contributed by atoms with Gasteiger partial charge < -0.3 is 5.32 Å². The third kappa shape index (κ3) is 2.88. The number of aryl methyl sites for hydroxylation is 1.